The number of amides is 1. The second kappa shape index (κ2) is 4.72. The van der Waals surface area contributed by atoms with E-state index in [4.69, 9.17) is 23.2 Å². The summed E-state index contributed by atoms with van der Waals surface area (Å²) in [5.41, 5.74) is 3.07. The molecule has 0 saturated carbocycles. The highest BCUT2D eigenvalue weighted by Gasteiger charge is 2.24. The topological polar surface area (TPSA) is 29.1 Å². The Morgan fingerprint density at radius 2 is 1.79 bits per heavy atom. The van der Waals surface area contributed by atoms with Gasteiger partial charge in [-0.2, -0.15) is 0 Å². The van der Waals surface area contributed by atoms with Crippen molar-refractivity contribution in [3.63, 3.8) is 0 Å². The Hall–Kier alpha value is -1.77. The largest absolute Gasteiger partial charge is 0.321 e. The van der Waals surface area contributed by atoms with Crippen molar-refractivity contribution < 1.29 is 4.79 Å². The van der Waals surface area contributed by atoms with Gasteiger partial charge in [-0.15, -0.1) is 0 Å². The first-order valence-corrected chi connectivity index (χ1v) is 6.47. The van der Waals surface area contributed by atoms with Crippen LogP contribution < -0.4 is 5.32 Å². The van der Waals surface area contributed by atoms with E-state index >= 15 is 0 Å². The molecule has 0 aliphatic carbocycles. The van der Waals surface area contributed by atoms with E-state index < -0.39 is 0 Å². The highest BCUT2D eigenvalue weighted by atomic mass is 35.5. The van der Waals surface area contributed by atoms with E-state index in [0.717, 1.165) is 16.8 Å². The van der Waals surface area contributed by atoms with E-state index in [9.17, 15) is 4.79 Å². The average Bonchev–Trinajstić information content (AvgIpc) is 2.66. The van der Waals surface area contributed by atoms with Crippen LogP contribution in [0.2, 0.25) is 10.0 Å². The van der Waals surface area contributed by atoms with E-state index in [1.807, 2.05) is 24.3 Å². The van der Waals surface area contributed by atoms with Gasteiger partial charge in [0.25, 0.3) is 5.91 Å². The fraction of sp³-hybridized carbons (Fsp3) is 0. The van der Waals surface area contributed by atoms with Crippen molar-refractivity contribution in [1.29, 1.82) is 0 Å². The molecule has 0 spiro atoms. The fourth-order valence-corrected chi connectivity index (χ4v) is 2.44. The van der Waals surface area contributed by atoms with Crippen LogP contribution in [0, 0.1) is 0 Å². The first kappa shape index (κ1) is 12.3. The van der Waals surface area contributed by atoms with Gasteiger partial charge in [0.05, 0.1) is 0 Å². The molecule has 1 heterocycles. The average molecular weight is 290 g/mol. The SMILES string of the molecule is O=C1Nc2ccc(Cl)cc2/C1=C\c1cccc(Cl)c1. The molecule has 0 atom stereocenters. The van der Waals surface area contributed by atoms with E-state index in [0.29, 0.717) is 15.6 Å². The van der Waals surface area contributed by atoms with Gasteiger partial charge in [0.15, 0.2) is 0 Å². The van der Waals surface area contributed by atoms with Crippen molar-refractivity contribution in [2.45, 2.75) is 0 Å². The molecule has 0 aromatic heterocycles. The van der Waals surface area contributed by atoms with Crippen LogP contribution in [0.5, 0.6) is 0 Å². The number of carbonyl (C=O) groups excluding carboxylic acids is 1. The summed E-state index contributed by atoms with van der Waals surface area (Å²) < 4.78 is 0. The van der Waals surface area contributed by atoms with Crippen LogP contribution in [0.25, 0.3) is 11.6 Å². The monoisotopic (exact) mass is 289 g/mol. The van der Waals surface area contributed by atoms with Crippen molar-refractivity contribution in [2.24, 2.45) is 0 Å². The minimum atomic E-state index is -0.128. The lowest BCUT2D eigenvalue weighted by Gasteiger charge is -2.00. The van der Waals surface area contributed by atoms with Crippen LogP contribution in [0.3, 0.4) is 0 Å². The predicted molar refractivity (Wildman–Crippen MR) is 79.4 cm³/mol. The van der Waals surface area contributed by atoms with E-state index in [-0.39, 0.29) is 5.91 Å². The minimum absolute atomic E-state index is 0.128. The summed E-state index contributed by atoms with van der Waals surface area (Å²) in [7, 11) is 0. The molecular weight excluding hydrogens is 281 g/mol. The molecule has 3 rings (SSSR count). The van der Waals surface area contributed by atoms with Gasteiger partial charge in [0.1, 0.15) is 0 Å². The maximum absolute atomic E-state index is 12.0. The molecule has 0 unspecified atom stereocenters. The molecule has 0 radical (unpaired) electrons. The van der Waals surface area contributed by atoms with Crippen molar-refractivity contribution in [1.82, 2.24) is 0 Å². The molecule has 1 amide bonds. The summed E-state index contributed by atoms with van der Waals surface area (Å²) in [5.74, 6) is -0.128. The van der Waals surface area contributed by atoms with Crippen LogP contribution in [-0.4, -0.2) is 5.91 Å². The smallest absolute Gasteiger partial charge is 0.256 e. The molecule has 1 aliphatic rings. The molecule has 19 heavy (non-hydrogen) atoms. The van der Waals surface area contributed by atoms with Crippen LogP contribution in [0.1, 0.15) is 11.1 Å². The molecule has 0 bridgehead atoms. The first-order valence-electron chi connectivity index (χ1n) is 5.72. The zero-order valence-corrected chi connectivity index (χ0v) is 11.3. The number of halogens is 2. The summed E-state index contributed by atoms with van der Waals surface area (Å²) in [4.78, 5) is 12.0. The van der Waals surface area contributed by atoms with Gasteiger partial charge in [-0.25, -0.2) is 0 Å². The summed E-state index contributed by atoms with van der Waals surface area (Å²) in [6, 6.07) is 12.7. The molecule has 94 valence electrons. The standard InChI is InChI=1S/C15H9Cl2NO/c16-10-3-1-2-9(6-10)7-13-12-8-11(17)4-5-14(12)18-15(13)19/h1-8H,(H,18,19)/b13-7+. The second-order valence-electron chi connectivity index (χ2n) is 4.26. The Morgan fingerprint density at radius 1 is 1.00 bits per heavy atom. The van der Waals surface area contributed by atoms with Gasteiger partial charge in [0.2, 0.25) is 0 Å². The second-order valence-corrected chi connectivity index (χ2v) is 5.13. The Kier molecular flexibility index (Phi) is 3.05. The van der Waals surface area contributed by atoms with Gasteiger partial charge < -0.3 is 5.32 Å². The lowest BCUT2D eigenvalue weighted by atomic mass is 10.0. The van der Waals surface area contributed by atoms with Gasteiger partial charge in [0, 0.05) is 26.9 Å². The number of rotatable bonds is 1. The number of carbonyl (C=O) groups is 1. The molecule has 1 N–H and O–H groups in total. The molecule has 4 heteroatoms. The molecule has 1 aliphatic heterocycles. The molecule has 2 nitrogen and oxygen atoms in total. The number of fused-ring (bicyclic) bond motifs is 1. The Labute approximate surface area is 120 Å². The van der Waals surface area contributed by atoms with Crippen molar-refractivity contribution >= 4 is 46.4 Å². The van der Waals surface area contributed by atoms with E-state index in [1.165, 1.54) is 0 Å². The summed E-state index contributed by atoms with van der Waals surface area (Å²) in [6.45, 7) is 0. The maximum atomic E-state index is 12.0. The Balaban J connectivity index is 2.11. The Bertz CT molecular complexity index is 707. The van der Waals surface area contributed by atoms with Crippen LogP contribution in [0.4, 0.5) is 5.69 Å². The Morgan fingerprint density at radius 3 is 2.58 bits per heavy atom. The fourth-order valence-electron chi connectivity index (χ4n) is 2.07. The lowest BCUT2D eigenvalue weighted by molar-refractivity contribution is -0.110. The van der Waals surface area contributed by atoms with Crippen LogP contribution in [0.15, 0.2) is 42.5 Å². The van der Waals surface area contributed by atoms with Crippen molar-refractivity contribution in [3.05, 3.63) is 63.6 Å². The molecule has 2 aromatic rings. The summed E-state index contributed by atoms with van der Waals surface area (Å²) in [5, 5.41) is 4.05. The number of benzene rings is 2. The normalized spacial score (nSPS) is 15.5. The molecule has 0 saturated heterocycles. The molecule has 0 fully saturated rings. The first-order chi connectivity index (χ1) is 9.13. The molecular formula is C15H9Cl2NO. The van der Waals surface area contributed by atoms with Crippen LogP contribution in [-0.2, 0) is 4.79 Å². The third-order valence-corrected chi connectivity index (χ3v) is 3.39. The van der Waals surface area contributed by atoms with Gasteiger partial charge in [-0.3, -0.25) is 4.79 Å². The van der Waals surface area contributed by atoms with Gasteiger partial charge in [-0.05, 0) is 42.0 Å². The number of hydrogen-bond donors (Lipinski definition) is 1. The number of nitrogens with one attached hydrogen (secondary N) is 1. The highest BCUT2D eigenvalue weighted by Crippen LogP contribution is 2.35. The van der Waals surface area contributed by atoms with Gasteiger partial charge in [-0.1, -0.05) is 35.3 Å². The quantitative estimate of drug-likeness (QED) is 0.770. The predicted octanol–water partition coefficient (Wildman–Crippen LogP) is 4.49. The summed E-state index contributed by atoms with van der Waals surface area (Å²) >= 11 is 11.9. The number of anilines is 1. The zero-order valence-electron chi connectivity index (χ0n) is 9.78. The third kappa shape index (κ3) is 2.37. The van der Waals surface area contributed by atoms with E-state index in [1.54, 1.807) is 24.3 Å². The summed E-state index contributed by atoms with van der Waals surface area (Å²) in [6.07, 6.45) is 1.81. The van der Waals surface area contributed by atoms with Crippen molar-refractivity contribution in [3.8, 4) is 0 Å². The van der Waals surface area contributed by atoms with Crippen LogP contribution >= 0.6 is 23.2 Å². The maximum Gasteiger partial charge on any atom is 0.256 e. The van der Waals surface area contributed by atoms with E-state index in [2.05, 4.69) is 5.32 Å². The third-order valence-electron chi connectivity index (χ3n) is 2.92. The van der Waals surface area contributed by atoms with Crippen molar-refractivity contribution in [2.75, 3.05) is 5.32 Å². The highest BCUT2D eigenvalue weighted by molar-refractivity contribution is 6.37. The number of hydrogen-bond acceptors (Lipinski definition) is 1. The zero-order chi connectivity index (χ0) is 13.4. The molecule has 2 aromatic carbocycles. The minimum Gasteiger partial charge on any atom is -0.321 e. The lowest BCUT2D eigenvalue weighted by Crippen LogP contribution is -2.03. The van der Waals surface area contributed by atoms with Gasteiger partial charge >= 0.3 is 0 Å².